The molecular formula is C14H19ClN2O3. The van der Waals surface area contributed by atoms with Gasteiger partial charge in [-0.1, -0.05) is 31.0 Å². The molecule has 2 amide bonds. The van der Waals surface area contributed by atoms with E-state index in [-0.39, 0.29) is 18.4 Å². The molecule has 0 bridgehead atoms. The Bertz CT molecular complexity index is 491. The molecule has 1 rings (SSSR count). The number of halogens is 1. The molecule has 0 aromatic heterocycles. The number of amides is 2. The summed E-state index contributed by atoms with van der Waals surface area (Å²) in [5.74, 6) is -0.927. The molecule has 5 nitrogen and oxygen atoms in total. The van der Waals surface area contributed by atoms with Crippen LogP contribution < -0.4 is 10.6 Å². The van der Waals surface area contributed by atoms with Crippen LogP contribution in [0.15, 0.2) is 18.2 Å². The SMILES string of the molecule is CCC(CNC(=O)Nc1cc(Cl)ccc1C)CC(=O)O. The van der Waals surface area contributed by atoms with E-state index in [4.69, 9.17) is 16.7 Å². The van der Waals surface area contributed by atoms with E-state index in [0.29, 0.717) is 23.7 Å². The molecule has 3 N–H and O–H groups in total. The van der Waals surface area contributed by atoms with Crippen LogP contribution >= 0.6 is 11.6 Å². The average Bonchev–Trinajstić information content (AvgIpc) is 2.38. The topological polar surface area (TPSA) is 78.4 Å². The van der Waals surface area contributed by atoms with Crippen molar-refractivity contribution in [2.75, 3.05) is 11.9 Å². The second-order valence-electron chi connectivity index (χ2n) is 4.67. The van der Waals surface area contributed by atoms with E-state index in [0.717, 1.165) is 5.56 Å². The Morgan fingerprint density at radius 1 is 1.40 bits per heavy atom. The minimum Gasteiger partial charge on any atom is -0.481 e. The molecule has 110 valence electrons. The van der Waals surface area contributed by atoms with E-state index in [1.165, 1.54) is 0 Å². The van der Waals surface area contributed by atoms with Crippen LogP contribution in [0.3, 0.4) is 0 Å². The van der Waals surface area contributed by atoms with Crippen molar-refractivity contribution in [1.82, 2.24) is 5.32 Å². The van der Waals surface area contributed by atoms with E-state index in [2.05, 4.69) is 10.6 Å². The zero-order valence-corrected chi connectivity index (χ0v) is 12.3. The van der Waals surface area contributed by atoms with Crippen LogP contribution in [0, 0.1) is 12.8 Å². The Kier molecular flexibility index (Phi) is 6.31. The van der Waals surface area contributed by atoms with Crippen LogP contribution in [0.2, 0.25) is 5.02 Å². The van der Waals surface area contributed by atoms with Crippen LogP contribution in [0.5, 0.6) is 0 Å². The number of hydrogen-bond donors (Lipinski definition) is 3. The van der Waals surface area contributed by atoms with E-state index < -0.39 is 5.97 Å². The van der Waals surface area contributed by atoms with Crippen molar-refractivity contribution >= 4 is 29.3 Å². The van der Waals surface area contributed by atoms with Crippen LogP contribution in [0.1, 0.15) is 25.3 Å². The summed E-state index contributed by atoms with van der Waals surface area (Å²) in [5.41, 5.74) is 1.54. The van der Waals surface area contributed by atoms with Gasteiger partial charge in [0.05, 0.1) is 0 Å². The molecule has 0 radical (unpaired) electrons. The molecule has 0 aliphatic heterocycles. The molecule has 0 fully saturated rings. The summed E-state index contributed by atoms with van der Waals surface area (Å²) in [7, 11) is 0. The number of nitrogens with one attached hydrogen (secondary N) is 2. The summed E-state index contributed by atoms with van der Waals surface area (Å²) in [4.78, 5) is 22.4. The van der Waals surface area contributed by atoms with Crippen LogP contribution in [-0.4, -0.2) is 23.7 Å². The number of carbonyl (C=O) groups is 2. The lowest BCUT2D eigenvalue weighted by atomic mass is 10.0. The summed E-state index contributed by atoms with van der Waals surface area (Å²) >= 11 is 5.87. The second kappa shape index (κ2) is 7.75. The first-order chi connectivity index (χ1) is 9.42. The molecule has 6 heteroatoms. The van der Waals surface area contributed by atoms with Crippen molar-refractivity contribution in [3.63, 3.8) is 0 Å². The van der Waals surface area contributed by atoms with Gasteiger partial charge in [0.1, 0.15) is 0 Å². The number of aliphatic carboxylic acids is 1. The molecule has 0 aliphatic carbocycles. The lowest BCUT2D eigenvalue weighted by Crippen LogP contribution is -2.33. The molecule has 0 spiro atoms. The Morgan fingerprint density at radius 2 is 2.10 bits per heavy atom. The number of anilines is 1. The molecule has 0 saturated carbocycles. The van der Waals surface area contributed by atoms with E-state index in [9.17, 15) is 9.59 Å². The first-order valence-corrected chi connectivity index (χ1v) is 6.83. The Balaban J connectivity index is 2.51. The van der Waals surface area contributed by atoms with Gasteiger partial charge in [-0.15, -0.1) is 0 Å². The maximum absolute atomic E-state index is 11.8. The van der Waals surface area contributed by atoms with E-state index >= 15 is 0 Å². The minimum absolute atomic E-state index is 0.0486. The van der Waals surface area contributed by atoms with Gasteiger partial charge in [0.25, 0.3) is 0 Å². The zero-order valence-electron chi connectivity index (χ0n) is 11.6. The number of carboxylic acid groups (broad SMARTS) is 1. The van der Waals surface area contributed by atoms with Gasteiger partial charge >= 0.3 is 12.0 Å². The first kappa shape index (κ1) is 16.3. The van der Waals surface area contributed by atoms with Crippen molar-refractivity contribution in [3.05, 3.63) is 28.8 Å². The number of urea groups is 1. The van der Waals surface area contributed by atoms with Crippen LogP contribution in [0.4, 0.5) is 10.5 Å². The second-order valence-corrected chi connectivity index (χ2v) is 5.10. The lowest BCUT2D eigenvalue weighted by Gasteiger charge is -2.15. The summed E-state index contributed by atoms with van der Waals surface area (Å²) in [6, 6.07) is 4.88. The normalized spacial score (nSPS) is 11.8. The quantitative estimate of drug-likeness (QED) is 0.754. The molecule has 1 unspecified atom stereocenters. The number of carbonyl (C=O) groups excluding carboxylic acids is 1. The number of benzene rings is 1. The number of carboxylic acids is 1. The predicted octanol–water partition coefficient (Wildman–Crippen LogP) is 3.27. The van der Waals surface area contributed by atoms with Crippen molar-refractivity contribution in [3.8, 4) is 0 Å². The third kappa shape index (κ3) is 5.48. The van der Waals surface area contributed by atoms with E-state index in [1.54, 1.807) is 12.1 Å². The van der Waals surface area contributed by atoms with E-state index in [1.807, 2.05) is 19.9 Å². The molecule has 0 heterocycles. The molecule has 1 aromatic rings. The highest BCUT2D eigenvalue weighted by atomic mass is 35.5. The monoisotopic (exact) mass is 298 g/mol. The average molecular weight is 299 g/mol. The maximum atomic E-state index is 11.8. The summed E-state index contributed by atoms with van der Waals surface area (Å²) < 4.78 is 0. The van der Waals surface area contributed by atoms with Gasteiger partial charge in [-0.3, -0.25) is 4.79 Å². The van der Waals surface area contributed by atoms with Gasteiger partial charge < -0.3 is 15.7 Å². The summed E-state index contributed by atoms with van der Waals surface area (Å²) in [5, 5.41) is 14.7. The van der Waals surface area contributed by atoms with Crippen molar-refractivity contribution in [2.24, 2.45) is 5.92 Å². The molecule has 1 atom stereocenters. The largest absolute Gasteiger partial charge is 0.481 e. The highest BCUT2D eigenvalue weighted by Crippen LogP contribution is 2.20. The fraction of sp³-hybridized carbons (Fsp3) is 0.429. The van der Waals surface area contributed by atoms with Gasteiger partial charge in [-0.25, -0.2) is 4.79 Å². The van der Waals surface area contributed by atoms with Gasteiger partial charge in [-0.2, -0.15) is 0 Å². The standard InChI is InChI=1S/C14H19ClN2O3/c1-3-10(6-13(18)19)8-16-14(20)17-12-7-11(15)5-4-9(12)2/h4-5,7,10H,3,6,8H2,1-2H3,(H,18,19)(H2,16,17,20). The highest BCUT2D eigenvalue weighted by molar-refractivity contribution is 6.31. The Morgan fingerprint density at radius 3 is 2.70 bits per heavy atom. The number of aryl methyl sites for hydroxylation is 1. The Labute approximate surface area is 123 Å². The Hall–Kier alpha value is -1.75. The van der Waals surface area contributed by atoms with Crippen LogP contribution in [0.25, 0.3) is 0 Å². The van der Waals surface area contributed by atoms with Gasteiger partial charge in [-0.05, 0) is 30.5 Å². The fourth-order valence-electron chi connectivity index (χ4n) is 1.74. The third-order valence-corrected chi connectivity index (χ3v) is 3.27. The highest BCUT2D eigenvalue weighted by Gasteiger charge is 2.13. The van der Waals surface area contributed by atoms with Crippen molar-refractivity contribution in [1.29, 1.82) is 0 Å². The van der Waals surface area contributed by atoms with Crippen molar-refractivity contribution < 1.29 is 14.7 Å². The van der Waals surface area contributed by atoms with Gasteiger partial charge in [0.2, 0.25) is 0 Å². The molecule has 20 heavy (non-hydrogen) atoms. The third-order valence-electron chi connectivity index (χ3n) is 3.04. The smallest absolute Gasteiger partial charge is 0.319 e. The van der Waals surface area contributed by atoms with Gasteiger partial charge in [0.15, 0.2) is 0 Å². The lowest BCUT2D eigenvalue weighted by molar-refractivity contribution is -0.138. The van der Waals surface area contributed by atoms with Crippen LogP contribution in [-0.2, 0) is 4.79 Å². The first-order valence-electron chi connectivity index (χ1n) is 6.45. The van der Waals surface area contributed by atoms with Crippen molar-refractivity contribution in [2.45, 2.75) is 26.7 Å². The zero-order chi connectivity index (χ0) is 15.1. The number of rotatable bonds is 6. The minimum atomic E-state index is -0.857. The maximum Gasteiger partial charge on any atom is 0.319 e. The predicted molar refractivity (Wildman–Crippen MR) is 79.2 cm³/mol. The molecular weight excluding hydrogens is 280 g/mol. The van der Waals surface area contributed by atoms with Gasteiger partial charge in [0, 0.05) is 23.7 Å². The summed E-state index contributed by atoms with van der Waals surface area (Å²) in [6.45, 7) is 4.09. The molecule has 0 aliphatic rings. The fourth-order valence-corrected chi connectivity index (χ4v) is 1.91. The molecule has 1 aromatic carbocycles. The summed E-state index contributed by atoms with van der Waals surface area (Å²) in [6.07, 6.45) is 0.746. The number of hydrogen-bond acceptors (Lipinski definition) is 2. The molecule has 0 saturated heterocycles.